The standard InChI is InChI=1S/C34H44F2O5/c1-2-3-22-34(35,36)32(38)21-20-29-28(30(37)23-31(29)40-24-26-14-8-6-9-15-26)18-12-4-5-13-19-33(39)41-25-27-16-10-7-11-17-27/h4,6-12,14-17,20-21,28-32,37-38H,2-3,5,13,18-19,22-25H2,1H3/b12-4-,21-20+/t28-,29-,30+,31-,32?/m1/s1. The van der Waals surface area contributed by atoms with Crippen LogP contribution in [0.5, 0.6) is 0 Å². The van der Waals surface area contributed by atoms with E-state index in [-0.39, 0.29) is 36.9 Å². The van der Waals surface area contributed by atoms with Gasteiger partial charge in [-0.05, 0) is 42.7 Å². The van der Waals surface area contributed by atoms with E-state index in [0.29, 0.717) is 51.6 Å². The lowest BCUT2D eigenvalue weighted by Gasteiger charge is -2.24. The van der Waals surface area contributed by atoms with Crippen molar-refractivity contribution in [1.82, 2.24) is 0 Å². The lowest BCUT2D eigenvalue weighted by atomic mass is 9.89. The third kappa shape index (κ3) is 11.1. The molecular formula is C34H44F2O5. The molecule has 0 radical (unpaired) electrons. The summed E-state index contributed by atoms with van der Waals surface area (Å²) in [6.45, 7) is 2.44. The Kier molecular flexibility index (Phi) is 13.7. The number of halogens is 2. The first-order valence-electron chi connectivity index (χ1n) is 14.7. The van der Waals surface area contributed by atoms with Crippen molar-refractivity contribution in [2.45, 2.75) is 95.7 Å². The Balaban J connectivity index is 1.54. The van der Waals surface area contributed by atoms with Crippen LogP contribution in [-0.2, 0) is 27.5 Å². The quantitative estimate of drug-likeness (QED) is 0.120. The van der Waals surface area contributed by atoms with Crippen LogP contribution in [0, 0.1) is 11.8 Å². The minimum atomic E-state index is -3.21. The number of aliphatic hydroxyl groups excluding tert-OH is 2. The van der Waals surface area contributed by atoms with Gasteiger partial charge >= 0.3 is 5.97 Å². The number of allylic oxidation sites excluding steroid dienone is 2. The van der Waals surface area contributed by atoms with Crippen molar-refractivity contribution < 1.29 is 33.3 Å². The topological polar surface area (TPSA) is 76.0 Å². The van der Waals surface area contributed by atoms with Gasteiger partial charge < -0.3 is 19.7 Å². The average molecular weight is 571 g/mol. The van der Waals surface area contributed by atoms with Gasteiger partial charge in [-0.1, -0.05) is 98.3 Å². The van der Waals surface area contributed by atoms with Crippen LogP contribution in [-0.4, -0.2) is 40.4 Å². The number of aliphatic hydroxyl groups is 2. The van der Waals surface area contributed by atoms with E-state index in [1.54, 1.807) is 6.08 Å². The highest BCUT2D eigenvalue weighted by Gasteiger charge is 2.42. The molecule has 224 valence electrons. The molecule has 41 heavy (non-hydrogen) atoms. The molecule has 2 aromatic carbocycles. The molecule has 3 rings (SSSR count). The Morgan fingerprint density at radius 3 is 2.34 bits per heavy atom. The molecule has 7 heteroatoms. The molecule has 0 spiro atoms. The molecule has 0 aromatic heterocycles. The summed E-state index contributed by atoms with van der Waals surface area (Å²) in [5.74, 6) is -4.02. The monoisotopic (exact) mass is 570 g/mol. The predicted octanol–water partition coefficient (Wildman–Crippen LogP) is 7.17. The van der Waals surface area contributed by atoms with Crippen molar-refractivity contribution in [3.05, 3.63) is 96.1 Å². The molecule has 0 amide bonds. The molecule has 1 aliphatic carbocycles. The second-order valence-corrected chi connectivity index (χ2v) is 10.8. The van der Waals surface area contributed by atoms with E-state index in [4.69, 9.17) is 9.47 Å². The van der Waals surface area contributed by atoms with Crippen LogP contribution < -0.4 is 0 Å². The number of carbonyl (C=O) groups excluding carboxylic acids is 1. The third-order valence-electron chi connectivity index (χ3n) is 7.58. The van der Waals surface area contributed by atoms with E-state index in [1.807, 2.05) is 79.7 Å². The number of esters is 1. The molecule has 5 nitrogen and oxygen atoms in total. The number of unbranched alkanes of at least 4 members (excludes halogenated alkanes) is 2. The van der Waals surface area contributed by atoms with Gasteiger partial charge in [0.15, 0.2) is 0 Å². The first-order chi connectivity index (χ1) is 19.8. The average Bonchev–Trinajstić information content (AvgIpc) is 3.28. The fourth-order valence-electron chi connectivity index (χ4n) is 5.12. The fraction of sp³-hybridized carbons (Fsp3) is 0.500. The van der Waals surface area contributed by atoms with Gasteiger partial charge in [-0.3, -0.25) is 4.79 Å². The van der Waals surface area contributed by atoms with Crippen molar-refractivity contribution in [3.8, 4) is 0 Å². The second-order valence-electron chi connectivity index (χ2n) is 10.8. The Hall–Kier alpha value is -2.87. The van der Waals surface area contributed by atoms with Gasteiger partial charge in [-0.15, -0.1) is 0 Å². The maximum absolute atomic E-state index is 14.4. The summed E-state index contributed by atoms with van der Waals surface area (Å²) >= 11 is 0. The maximum Gasteiger partial charge on any atom is 0.306 e. The highest BCUT2D eigenvalue weighted by atomic mass is 19.3. The first-order valence-corrected chi connectivity index (χ1v) is 14.7. The molecule has 5 atom stereocenters. The Morgan fingerprint density at radius 1 is 1.02 bits per heavy atom. The number of ether oxygens (including phenoxy) is 2. The van der Waals surface area contributed by atoms with Crippen LogP contribution in [0.2, 0.25) is 0 Å². The molecule has 0 aliphatic heterocycles. The van der Waals surface area contributed by atoms with Crippen LogP contribution in [0.15, 0.2) is 85.0 Å². The summed E-state index contributed by atoms with van der Waals surface area (Å²) in [6, 6.07) is 19.2. The van der Waals surface area contributed by atoms with E-state index in [2.05, 4.69) is 0 Å². The van der Waals surface area contributed by atoms with Gasteiger partial charge in [0.05, 0.1) is 18.8 Å². The van der Waals surface area contributed by atoms with Crippen molar-refractivity contribution >= 4 is 5.97 Å². The highest BCUT2D eigenvalue weighted by molar-refractivity contribution is 5.69. The summed E-state index contributed by atoms with van der Waals surface area (Å²) in [7, 11) is 0. The molecule has 0 bridgehead atoms. The zero-order valence-electron chi connectivity index (χ0n) is 23.9. The number of rotatable bonds is 17. The Labute approximate surface area is 242 Å². The molecule has 1 unspecified atom stereocenters. The minimum Gasteiger partial charge on any atom is -0.461 e. The number of carbonyl (C=O) groups is 1. The van der Waals surface area contributed by atoms with Crippen molar-refractivity contribution in [2.75, 3.05) is 0 Å². The zero-order valence-corrected chi connectivity index (χ0v) is 23.9. The summed E-state index contributed by atoms with van der Waals surface area (Å²) in [5.41, 5.74) is 1.93. The first kappa shape index (κ1) is 32.6. The maximum atomic E-state index is 14.4. The van der Waals surface area contributed by atoms with Crippen molar-refractivity contribution in [1.29, 1.82) is 0 Å². The third-order valence-corrected chi connectivity index (χ3v) is 7.58. The Bertz CT molecular complexity index is 1070. The number of benzene rings is 2. The van der Waals surface area contributed by atoms with E-state index in [1.165, 1.54) is 6.08 Å². The number of hydrogen-bond donors (Lipinski definition) is 2. The molecule has 1 aliphatic rings. The summed E-state index contributed by atoms with van der Waals surface area (Å²) < 4.78 is 40.3. The van der Waals surface area contributed by atoms with Gasteiger partial charge in [-0.25, -0.2) is 8.78 Å². The molecule has 2 N–H and O–H groups in total. The lowest BCUT2D eigenvalue weighted by Crippen LogP contribution is -2.32. The lowest BCUT2D eigenvalue weighted by molar-refractivity contribution is -0.145. The molecule has 1 fully saturated rings. The van der Waals surface area contributed by atoms with Crippen LogP contribution >= 0.6 is 0 Å². The number of hydrogen-bond acceptors (Lipinski definition) is 5. The normalized spacial score (nSPS) is 22.0. The SMILES string of the molecule is CCCCC(F)(F)C(O)/C=C/[C@@H]1[C@@H](C/C=C\CCCC(=O)OCc2ccccc2)[C@@H](O)C[C@H]1OCc1ccccc1. The minimum absolute atomic E-state index is 0.240. The summed E-state index contributed by atoms with van der Waals surface area (Å²) in [6.07, 6.45) is 6.94. The summed E-state index contributed by atoms with van der Waals surface area (Å²) in [4.78, 5) is 12.0. The van der Waals surface area contributed by atoms with Crippen molar-refractivity contribution in [3.63, 3.8) is 0 Å². The predicted molar refractivity (Wildman–Crippen MR) is 156 cm³/mol. The van der Waals surface area contributed by atoms with Crippen LogP contribution in [0.3, 0.4) is 0 Å². The molecule has 2 aromatic rings. The molecule has 0 heterocycles. The van der Waals surface area contributed by atoms with Crippen LogP contribution in [0.4, 0.5) is 8.78 Å². The van der Waals surface area contributed by atoms with Gasteiger partial charge in [0.2, 0.25) is 0 Å². The van der Waals surface area contributed by atoms with Crippen LogP contribution in [0.25, 0.3) is 0 Å². The molecule has 1 saturated carbocycles. The van der Waals surface area contributed by atoms with Gasteiger partial charge in [0, 0.05) is 25.2 Å². The Morgan fingerprint density at radius 2 is 1.68 bits per heavy atom. The fourth-order valence-corrected chi connectivity index (χ4v) is 5.12. The summed E-state index contributed by atoms with van der Waals surface area (Å²) in [5, 5.41) is 21.1. The van der Waals surface area contributed by atoms with Crippen molar-refractivity contribution in [2.24, 2.45) is 11.8 Å². The van der Waals surface area contributed by atoms with Crippen LogP contribution in [0.1, 0.15) is 69.4 Å². The van der Waals surface area contributed by atoms with Gasteiger partial charge in [0.25, 0.3) is 5.92 Å². The largest absolute Gasteiger partial charge is 0.461 e. The van der Waals surface area contributed by atoms with E-state index in [9.17, 15) is 23.8 Å². The van der Waals surface area contributed by atoms with Gasteiger partial charge in [-0.2, -0.15) is 0 Å². The van der Waals surface area contributed by atoms with Gasteiger partial charge in [0.1, 0.15) is 12.7 Å². The zero-order chi connectivity index (χ0) is 29.5. The second kappa shape index (κ2) is 17.2. The molecular weight excluding hydrogens is 526 g/mol. The number of alkyl halides is 2. The highest BCUT2D eigenvalue weighted by Crippen LogP contribution is 2.39. The van der Waals surface area contributed by atoms with E-state index in [0.717, 1.165) is 11.1 Å². The van der Waals surface area contributed by atoms with E-state index < -0.39 is 18.1 Å². The molecule has 0 saturated heterocycles. The van der Waals surface area contributed by atoms with E-state index >= 15 is 0 Å². The smallest absolute Gasteiger partial charge is 0.306 e.